The van der Waals surface area contributed by atoms with Gasteiger partial charge in [0.2, 0.25) is 5.91 Å². The van der Waals surface area contributed by atoms with Gasteiger partial charge < -0.3 is 10.2 Å². The fourth-order valence-electron chi connectivity index (χ4n) is 5.69. The number of hydrogen-bond acceptors (Lipinski definition) is 4. The van der Waals surface area contributed by atoms with Gasteiger partial charge >= 0.3 is 0 Å². The first-order valence-electron chi connectivity index (χ1n) is 10.5. The van der Waals surface area contributed by atoms with Crippen LogP contribution in [0, 0.1) is 0 Å². The zero-order valence-corrected chi connectivity index (χ0v) is 17.5. The Hall–Kier alpha value is -3.18. The lowest BCUT2D eigenvalue weighted by Gasteiger charge is -2.39. The summed E-state index contributed by atoms with van der Waals surface area (Å²) >= 11 is 6.06. The van der Waals surface area contributed by atoms with Gasteiger partial charge in [0, 0.05) is 58.1 Å². The third kappa shape index (κ3) is 2.14. The van der Waals surface area contributed by atoms with E-state index in [1.807, 2.05) is 42.5 Å². The van der Waals surface area contributed by atoms with Crippen LogP contribution in [0.25, 0.3) is 5.70 Å². The molecule has 2 aromatic carbocycles. The van der Waals surface area contributed by atoms with Gasteiger partial charge in [-0.2, -0.15) is 0 Å². The highest BCUT2D eigenvalue weighted by Crippen LogP contribution is 2.58. The van der Waals surface area contributed by atoms with Gasteiger partial charge in [-0.25, -0.2) is 0 Å². The second-order valence-corrected chi connectivity index (χ2v) is 8.67. The van der Waals surface area contributed by atoms with Gasteiger partial charge in [-0.05, 0) is 18.9 Å². The van der Waals surface area contributed by atoms with E-state index < -0.39 is 5.41 Å². The monoisotopic (exact) mass is 430 g/mol. The number of nitrogens with one attached hydrogen (secondary N) is 1. The average Bonchev–Trinajstić information content (AvgIpc) is 3.20. The number of carbonyl (C=O) groups excluding carboxylic acids is 3. The molecule has 31 heavy (non-hydrogen) atoms. The molecule has 0 saturated carbocycles. The summed E-state index contributed by atoms with van der Waals surface area (Å²) in [5.74, 6) is -0.264. The first kappa shape index (κ1) is 18.6. The lowest BCUT2D eigenvalue weighted by atomic mass is 9.63. The first-order chi connectivity index (χ1) is 15.1. The minimum atomic E-state index is -1.42. The van der Waals surface area contributed by atoms with E-state index in [0.717, 1.165) is 23.4 Å². The average molecular weight is 431 g/mol. The number of dihydropyridines is 1. The highest BCUT2D eigenvalue weighted by Gasteiger charge is 2.63. The molecule has 0 bridgehead atoms. The SMILES string of the molecule is O=C1CCCC2=C1C1(C(=O)N(CCCl)c3ccccc31)C1=C(N2)c2ccccc2C1=O. The Bertz CT molecular complexity index is 1280. The molecule has 6 rings (SSSR count). The van der Waals surface area contributed by atoms with Crippen LogP contribution in [0.15, 0.2) is 65.4 Å². The number of ketones is 2. The third-order valence-corrected chi connectivity index (χ3v) is 7.00. The predicted octanol–water partition coefficient (Wildman–Crippen LogP) is 3.73. The molecular formula is C25H19ClN2O3. The van der Waals surface area contributed by atoms with Crippen molar-refractivity contribution >= 4 is 40.5 Å². The molecule has 0 fully saturated rings. The summed E-state index contributed by atoms with van der Waals surface area (Å²) in [5, 5.41) is 3.40. The minimum absolute atomic E-state index is 0.0695. The van der Waals surface area contributed by atoms with Gasteiger partial charge in [-0.3, -0.25) is 14.4 Å². The number of alkyl halides is 1. The molecule has 6 heteroatoms. The van der Waals surface area contributed by atoms with E-state index in [1.54, 1.807) is 11.0 Å². The number of halogens is 1. The standard InChI is InChI=1S/C25H19ClN2O3/c26-12-13-28-18-10-4-3-8-16(18)25(24(28)31)20-17(9-5-11-19(20)29)27-22-14-6-1-2-7-15(14)23(30)21(22)25/h1-4,6-8,10,27H,5,9,11-13H2. The lowest BCUT2D eigenvalue weighted by Crippen LogP contribution is -2.51. The number of hydrogen-bond donors (Lipinski definition) is 1. The van der Waals surface area contributed by atoms with Crippen LogP contribution in [-0.2, 0) is 15.0 Å². The van der Waals surface area contributed by atoms with E-state index >= 15 is 0 Å². The summed E-state index contributed by atoms with van der Waals surface area (Å²) in [5.41, 5.74) is 3.57. The molecule has 2 aliphatic carbocycles. The Balaban J connectivity index is 1.73. The summed E-state index contributed by atoms with van der Waals surface area (Å²) in [7, 11) is 0. The summed E-state index contributed by atoms with van der Waals surface area (Å²) in [6.07, 6.45) is 1.76. The second kappa shape index (κ2) is 6.41. The predicted molar refractivity (Wildman–Crippen MR) is 118 cm³/mol. The molecule has 5 nitrogen and oxygen atoms in total. The van der Waals surface area contributed by atoms with Crippen LogP contribution in [-0.4, -0.2) is 29.9 Å². The summed E-state index contributed by atoms with van der Waals surface area (Å²) in [6, 6.07) is 14.9. The molecular weight excluding hydrogens is 412 g/mol. The van der Waals surface area contributed by atoms with Crippen LogP contribution in [0.4, 0.5) is 5.69 Å². The molecule has 2 aliphatic heterocycles. The molecule has 0 aromatic heterocycles. The quantitative estimate of drug-likeness (QED) is 0.737. The number of nitrogens with zero attached hydrogens (tertiary/aromatic N) is 1. The first-order valence-corrected chi connectivity index (χ1v) is 11.0. The molecule has 0 radical (unpaired) electrons. The van der Waals surface area contributed by atoms with E-state index in [4.69, 9.17) is 11.6 Å². The molecule has 0 saturated heterocycles. The van der Waals surface area contributed by atoms with E-state index in [-0.39, 0.29) is 23.4 Å². The number of rotatable bonds is 2. The number of fused-ring (bicyclic) bond motifs is 6. The van der Waals surface area contributed by atoms with Gasteiger partial charge in [-0.1, -0.05) is 42.5 Å². The zero-order valence-electron chi connectivity index (χ0n) is 16.7. The maximum Gasteiger partial charge on any atom is 0.247 e. The maximum atomic E-state index is 14.2. The van der Waals surface area contributed by atoms with Gasteiger partial charge in [0.1, 0.15) is 5.41 Å². The van der Waals surface area contributed by atoms with Crippen molar-refractivity contribution in [3.63, 3.8) is 0 Å². The van der Waals surface area contributed by atoms with Crippen LogP contribution in [0.3, 0.4) is 0 Å². The Morgan fingerprint density at radius 1 is 0.935 bits per heavy atom. The Kier molecular flexibility index (Phi) is 3.84. The molecule has 4 aliphatic rings. The molecule has 2 aromatic rings. The van der Waals surface area contributed by atoms with Crippen molar-refractivity contribution in [2.24, 2.45) is 0 Å². The minimum Gasteiger partial charge on any atom is -0.358 e. The Morgan fingerprint density at radius 2 is 1.68 bits per heavy atom. The highest BCUT2D eigenvalue weighted by molar-refractivity contribution is 6.32. The van der Waals surface area contributed by atoms with E-state index in [1.165, 1.54) is 0 Å². The van der Waals surface area contributed by atoms with Crippen LogP contribution < -0.4 is 10.2 Å². The van der Waals surface area contributed by atoms with Gasteiger partial charge in [-0.15, -0.1) is 11.6 Å². The number of anilines is 1. The van der Waals surface area contributed by atoms with E-state index in [0.29, 0.717) is 47.4 Å². The fourth-order valence-corrected chi connectivity index (χ4v) is 5.86. The molecule has 1 atom stereocenters. The number of para-hydroxylation sites is 1. The van der Waals surface area contributed by atoms with Gasteiger partial charge in [0.25, 0.3) is 0 Å². The van der Waals surface area contributed by atoms with Crippen molar-refractivity contribution in [2.75, 3.05) is 17.3 Å². The molecule has 1 unspecified atom stereocenters. The highest BCUT2D eigenvalue weighted by atomic mass is 35.5. The normalized spacial score (nSPS) is 23.8. The number of allylic oxidation sites excluding steroid dienone is 1. The van der Waals surface area contributed by atoms with Crippen LogP contribution in [0.1, 0.15) is 40.7 Å². The van der Waals surface area contributed by atoms with Gasteiger partial charge in [0.05, 0.1) is 5.70 Å². The van der Waals surface area contributed by atoms with Crippen molar-refractivity contribution in [3.05, 3.63) is 82.1 Å². The van der Waals surface area contributed by atoms with E-state index in [9.17, 15) is 14.4 Å². The van der Waals surface area contributed by atoms with Crippen molar-refractivity contribution < 1.29 is 14.4 Å². The Morgan fingerprint density at radius 3 is 2.48 bits per heavy atom. The number of benzene rings is 2. The smallest absolute Gasteiger partial charge is 0.247 e. The lowest BCUT2D eigenvalue weighted by molar-refractivity contribution is -0.124. The zero-order chi connectivity index (χ0) is 21.3. The largest absolute Gasteiger partial charge is 0.358 e. The number of carbonyl (C=O) groups is 3. The number of Topliss-reactive ketones (excluding diaryl/α,β-unsaturated/α-hetero) is 2. The summed E-state index contributed by atoms with van der Waals surface area (Å²) in [4.78, 5) is 43.0. The van der Waals surface area contributed by atoms with Crippen molar-refractivity contribution in [2.45, 2.75) is 24.7 Å². The van der Waals surface area contributed by atoms with Crippen molar-refractivity contribution in [1.29, 1.82) is 0 Å². The molecule has 1 amide bonds. The van der Waals surface area contributed by atoms with Crippen LogP contribution >= 0.6 is 11.6 Å². The summed E-state index contributed by atoms with van der Waals surface area (Å²) in [6.45, 7) is 0.313. The third-order valence-electron chi connectivity index (χ3n) is 6.83. The Labute approximate surface area is 184 Å². The second-order valence-electron chi connectivity index (χ2n) is 8.29. The molecule has 2 heterocycles. The molecule has 1 N–H and O–H groups in total. The van der Waals surface area contributed by atoms with E-state index in [2.05, 4.69) is 5.32 Å². The molecule has 154 valence electrons. The van der Waals surface area contributed by atoms with Crippen molar-refractivity contribution in [3.8, 4) is 0 Å². The van der Waals surface area contributed by atoms with Crippen molar-refractivity contribution in [1.82, 2.24) is 5.32 Å². The maximum absolute atomic E-state index is 14.2. The topological polar surface area (TPSA) is 66.5 Å². The van der Waals surface area contributed by atoms with Gasteiger partial charge in [0.15, 0.2) is 11.6 Å². The van der Waals surface area contributed by atoms with Crippen LogP contribution in [0.5, 0.6) is 0 Å². The summed E-state index contributed by atoms with van der Waals surface area (Å²) < 4.78 is 0. The fraction of sp³-hybridized carbons (Fsp3) is 0.240. The van der Waals surface area contributed by atoms with Crippen LogP contribution in [0.2, 0.25) is 0 Å². The number of amides is 1. The molecule has 1 spiro atoms.